The lowest BCUT2D eigenvalue weighted by Crippen LogP contribution is -2.44. The third kappa shape index (κ3) is 9.06. The van der Waals surface area contributed by atoms with Crippen molar-refractivity contribution in [2.24, 2.45) is 0 Å². The minimum Gasteiger partial charge on any atom is -0.543 e. The second-order valence-corrected chi connectivity index (χ2v) is 19.5. The van der Waals surface area contributed by atoms with E-state index in [2.05, 4.69) is 70.8 Å². The lowest BCUT2D eigenvalue weighted by atomic mass is 9.92. The van der Waals surface area contributed by atoms with E-state index >= 15 is 0 Å². The van der Waals surface area contributed by atoms with Crippen molar-refractivity contribution in [2.75, 3.05) is 18.0 Å². The highest BCUT2D eigenvalue weighted by Gasteiger charge is 2.60. The minimum atomic E-state index is -4.92. The van der Waals surface area contributed by atoms with Crippen LogP contribution < -0.4 is 9.33 Å². The highest BCUT2D eigenvalue weighted by molar-refractivity contribution is 7.13. The first-order valence-corrected chi connectivity index (χ1v) is 20.2. The Bertz CT molecular complexity index is 1740. The number of hydrogen-bond acceptors (Lipinski definition) is 7. The van der Waals surface area contributed by atoms with Crippen molar-refractivity contribution in [3.8, 4) is 24.0 Å². The fraction of sp³-hybridized carbons (Fsp3) is 0.447. The molecule has 0 spiro atoms. The number of unbranched alkanes of at least 4 members (excludes halogenated alkanes) is 2. The van der Waals surface area contributed by atoms with E-state index in [0.29, 0.717) is 4.88 Å². The Kier molecular flexibility index (Phi) is 12.8. The van der Waals surface area contributed by atoms with E-state index in [-0.39, 0.29) is 5.04 Å². The van der Waals surface area contributed by atoms with Gasteiger partial charge in [-0.15, -0.1) is 11.3 Å². The maximum atomic E-state index is 14.2. The molecule has 0 saturated heterocycles. The van der Waals surface area contributed by atoms with Gasteiger partial charge in [0.2, 0.25) is 5.60 Å². The van der Waals surface area contributed by atoms with Gasteiger partial charge in [0.15, 0.2) is 11.3 Å². The number of hydrogen-bond donors (Lipinski definition) is 0. The van der Waals surface area contributed by atoms with Crippen LogP contribution in [-0.2, 0) is 4.74 Å². The van der Waals surface area contributed by atoms with Crippen molar-refractivity contribution >= 4 is 43.6 Å². The fourth-order valence-electron chi connectivity index (χ4n) is 4.86. The summed E-state index contributed by atoms with van der Waals surface area (Å²) in [5.41, 5.74) is -2.49. The number of benzene rings is 1. The van der Waals surface area contributed by atoms with Crippen LogP contribution in [0.25, 0.3) is 18.2 Å². The van der Waals surface area contributed by atoms with Crippen LogP contribution in [0.5, 0.6) is 5.75 Å². The van der Waals surface area contributed by atoms with Crippen LogP contribution in [-0.4, -0.2) is 33.2 Å². The summed E-state index contributed by atoms with van der Waals surface area (Å²) in [6, 6.07) is 14.8. The van der Waals surface area contributed by atoms with Gasteiger partial charge in [0.05, 0.1) is 0 Å². The highest BCUT2D eigenvalue weighted by atomic mass is 32.1. The van der Waals surface area contributed by atoms with Gasteiger partial charge in [-0.3, -0.25) is 0 Å². The van der Waals surface area contributed by atoms with Gasteiger partial charge in [-0.2, -0.15) is 29.0 Å². The van der Waals surface area contributed by atoms with Gasteiger partial charge >= 0.3 is 6.18 Å². The van der Waals surface area contributed by atoms with Crippen LogP contribution in [0.1, 0.15) is 82.5 Å². The Labute approximate surface area is 294 Å². The van der Waals surface area contributed by atoms with Gasteiger partial charge in [-0.05, 0) is 80.4 Å². The summed E-state index contributed by atoms with van der Waals surface area (Å²) in [5.74, 6) is 0.166. The first-order valence-electron chi connectivity index (χ1n) is 16.5. The van der Waals surface area contributed by atoms with Gasteiger partial charge in [0.1, 0.15) is 29.5 Å². The summed E-state index contributed by atoms with van der Waals surface area (Å²) in [5, 5.41) is 28.2. The summed E-state index contributed by atoms with van der Waals surface area (Å²) in [6.45, 7) is 18.2. The molecule has 1 aromatic carbocycles. The van der Waals surface area contributed by atoms with Crippen LogP contribution in [0.3, 0.4) is 0 Å². The molecule has 2 heterocycles. The summed E-state index contributed by atoms with van der Waals surface area (Å²) in [4.78, 5) is 3.94. The van der Waals surface area contributed by atoms with E-state index in [9.17, 15) is 29.0 Å². The Morgan fingerprint density at radius 3 is 2.00 bits per heavy atom. The molecule has 1 atom stereocenters. The molecule has 49 heavy (non-hydrogen) atoms. The first kappa shape index (κ1) is 39.2. The SMILES string of the molecule is CCCCN(CCCC)c1ccc(/C=C/c2ccc(/C=C/C3=C(C#N)C(=C(C#N)C#N)OC3(C)C(F)(F)F)s2)c(O[Si](C)(C)C(C)(C)C)c1. The molecule has 1 unspecified atom stereocenters. The summed E-state index contributed by atoms with van der Waals surface area (Å²) in [6.07, 6.45) is 6.13. The number of thiophene rings is 1. The van der Waals surface area contributed by atoms with E-state index in [0.717, 1.165) is 67.6 Å². The largest absolute Gasteiger partial charge is 0.543 e. The van der Waals surface area contributed by atoms with Crippen molar-refractivity contribution < 1.29 is 22.3 Å². The Morgan fingerprint density at radius 2 is 1.51 bits per heavy atom. The van der Waals surface area contributed by atoms with Crippen molar-refractivity contribution in [2.45, 2.75) is 97.1 Å². The molecule has 0 radical (unpaired) electrons. The molecule has 260 valence electrons. The molecule has 3 rings (SSSR count). The van der Waals surface area contributed by atoms with Gasteiger partial charge in [0.25, 0.3) is 8.32 Å². The average molecular weight is 707 g/mol. The van der Waals surface area contributed by atoms with E-state index < -0.39 is 42.6 Å². The quantitative estimate of drug-likeness (QED) is 0.152. The van der Waals surface area contributed by atoms with E-state index in [1.807, 2.05) is 18.2 Å². The normalized spacial score (nSPS) is 16.9. The highest BCUT2D eigenvalue weighted by Crippen LogP contribution is 2.49. The zero-order valence-electron chi connectivity index (χ0n) is 29.6. The molecule has 0 bridgehead atoms. The average Bonchev–Trinajstić information content (AvgIpc) is 3.61. The molecule has 0 amide bonds. The topological polar surface area (TPSA) is 93.1 Å². The monoisotopic (exact) mass is 706 g/mol. The number of halogens is 3. The van der Waals surface area contributed by atoms with Crippen LogP contribution >= 0.6 is 11.3 Å². The smallest absolute Gasteiger partial charge is 0.432 e. The molecule has 11 heteroatoms. The van der Waals surface area contributed by atoms with Crippen LogP contribution in [0.4, 0.5) is 18.9 Å². The number of ether oxygens (including phenoxy) is 1. The number of rotatable bonds is 13. The summed E-state index contributed by atoms with van der Waals surface area (Å²) < 4.78 is 54.6. The van der Waals surface area contributed by atoms with Crippen molar-refractivity contribution in [1.82, 2.24) is 0 Å². The lowest BCUT2D eigenvalue weighted by Gasteiger charge is -2.37. The Hall–Kier alpha value is -4.24. The maximum Gasteiger partial charge on any atom is 0.432 e. The predicted molar refractivity (Wildman–Crippen MR) is 195 cm³/mol. The molecule has 0 aliphatic carbocycles. The number of allylic oxidation sites excluding steroid dienone is 2. The number of nitrogens with zero attached hydrogens (tertiary/aromatic N) is 4. The first-order chi connectivity index (χ1) is 23.0. The standard InChI is InChI=1S/C38H45F3N4O2SSi/c1-9-11-21-45(22-12-10-2)29-15-13-27(34(23-29)47-49(7,8)36(3,4)5)14-16-30-17-18-31(48-30)19-20-33-32(26-44)35(28(24-42)25-43)46-37(33,6)38(39,40)41/h13-20,23H,9-12,21-22H2,1-8H3/b16-14+,20-19+. The maximum absolute atomic E-state index is 14.2. The van der Waals surface area contributed by atoms with Gasteiger partial charge < -0.3 is 14.1 Å². The minimum absolute atomic E-state index is 0.00216. The second-order valence-electron chi connectivity index (χ2n) is 13.6. The predicted octanol–water partition coefficient (Wildman–Crippen LogP) is 11.2. The molecular weight excluding hydrogens is 662 g/mol. The zero-order chi connectivity index (χ0) is 36.6. The van der Waals surface area contributed by atoms with E-state index in [4.69, 9.17) is 9.16 Å². The molecular formula is C38H45F3N4O2SSi. The molecule has 6 nitrogen and oxygen atoms in total. The summed E-state index contributed by atoms with van der Waals surface area (Å²) in [7, 11) is -2.18. The third-order valence-corrected chi connectivity index (χ3v) is 14.4. The van der Waals surface area contributed by atoms with E-state index in [1.54, 1.807) is 12.1 Å². The van der Waals surface area contributed by atoms with E-state index in [1.165, 1.54) is 35.6 Å². The molecule has 1 aliphatic rings. The van der Waals surface area contributed by atoms with Gasteiger partial charge in [0, 0.05) is 45.7 Å². The molecule has 1 aliphatic heterocycles. The Balaban J connectivity index is 2.01. The zero-order valence-corrected chi connectivity index (χ0v) is 31.4. The third-order valence-electron chi connectivity index (χ3n) is 9.01. The van der Waals surface area contributed by atoms with Gasteiger partial charge in [-0.25, -0.2) is 0 Å². The fourth-order valence-corrected chi connectivity index (χ4v) is 6.71. The number of anilines is 1. The van der Waals surface area contributed by atoms with Gasteiger partial charge in [-0.1, -0.05) is 53.5 Å². The second kappa shape index (κ2) is 16.0. The lowest BCUT2D eigenvalue weighted by molar-refractivity contribution is -0.236. The van der Waals surface area contributed by atoms with Crippen molar-refractivity contribution in [1.29, 1.82) is 15.8 Å². The molecule has 0 fully saturated rings. The molecule has 1 aromatic heterocycles. The van der Waals surface area contributed by atoms with Crippen LogP contribution in [0, 0.1) is 34.0 Å². The van der Waals surface area contributed by atoms with Crippen molar-refractivity contribution in [3.05, 3.63) is 74.2 Å². The van der Waals surface area contributed by atoms with Crippen molar-refractivity contribution in [3.63, 3.8) is 0 Å². The molecule has 0 N–H and O–H groups in total. The van der Waals surface area contributed by atoms with Crippen LogP contribution in [0.15, 0.2) is 58.9 Å². The number of nitriles is 3. The van der Waals surface area contributed by atoms with Crippen LogP contribution in [0.2, 0.25) is 18.1 Å². The summed E-state index contributed by atoms with van der Waals surface area (Å²) >= 11 is 1.36. The molecule has 2 aromatic rings. The molecule has 0 saturated carbocycles. The number of alkyl halides is 3. The Morgan fingerprint density at radius 1 is 0.939 bits per heavy atom.